The summed E-state index contributed by atoms with van der Waals surface area (Å²) in [5, 5.41) is 2.88. The number of aryl methyl sites for hydroxylation is 1. The summed E-state index contributed by atoms with van der Waals surface area (Å²) in [6, 6.07) is 7.92. The summed E-state index contributed by atoms with van der Waals surface area (Å²) in [6.45, 7) is 5.09. The van der Waals surface area contributed by atoms with Crippen LogP contribution in [0.25, 0.3) is 0 Å². The molecule has 1 aromatic carbocycles. The van der Waals surface area contributed by atoms with Gasteiger partial charge in [-0.25, -0.2) is 8.78 Å². The van der Waals surface area contributed by atoms with Crippen LogP contribution in [0, 0.1) is 6.92 Å². The van der Waals surface area contributed by atoms with Gasteiger partial charge in [0.25, 0.3) is 11.8 Å². The Hall–Kier alpha value is -2.83. The molecular weight excluding hydrogens is 366 g/mol. The standard InChI is InChI=1S/C21H24F2N2O3/c1-13-9-17(5-6-19(13)28-12-21(4,22)23)20(27)25-15(3)16-7-8-24-18(11-16)10-14(2)26/h5-9,11,15H,10,12H2,1-4H3,(H,25,27). The lowest BCUT2D eigenvalue weighted by Crippen LogP contribution is -2.27. The molecule has 5 nitrogen and oxygen atoms in total. The topological polar surface area (TPSA) is 68.3 Å². The highest BCUT2D eigenvalue weighted by atomic mass is 19.3. The number of pyridine rings is 1. The van der Waals surface area contributed by atoms with E-state index in [-0.39, 0.29) is 24.2 Å². The van der Waals surface area contributed by atoms with Crippen molar-refractivity contribution < 1.29 is 23.1 Å². The molecule has 0 aliphatic heterocycles. The number of halogens is 2. The van der Waals surface area contributed by atoms with Gasteiger partial charge in [0.15, 0.2) is 6.61 Å². The Kier molecular flexibility index (Phi) is 6.83. The Balaban J connectivity index is 2.06. The van der Waals surface area contributed by atoms with E-state index in [1.165, 1.54) is 19.1 Å². The molecule has 150 valence electrons. The molecule has 0 spiro atoms. The molecule has 0 saturated heterocycles. The van der Waals surface area contributed by atoms with Crippen molar-refractivity contribution in [3.05, 3.63) is 58.9 Å². The van der Waals surface area contributed by atoms with Gasteiger partial charge in [0.05, 0.1) is 6.04 Å². The van der Waals surface area contributed by atoms with Crippen LogP contribution in [0.4, 0.5) is 8.78 Å². The molecule has 0 radical (unpaired) electrons. The first kappa shape index (κ1) is 21.5. The summed E-state index contributed by atoms with van der Waals surface area (Å²) in [5.41, 5.74) is 2.48. The molecule has 7 heteroatoms. The third-order valence-corrected chi connectivity index (χ3v) is 4.04. The van der Waals surface area contributed by atoms with E-state index < -0.39 is 12.5 Å². The first-order chi connectivity index (χ1) is 13.0. The van der Waals surface area contributed by atoms with Gasteiger partial charge in [-0.2, -0.15) is 0 Å². The molecule has 2 aromatic rings. The second-order valence-corrected chi connectivity index (χ2v) is 6.99. The number of aromatic nitrogens is 1. The first-order valence-corrected chi connectivity index (χ1v) is 8.91. The largest absolute Gasteiger partial charge is 0.487 e. The number of carbonyl (C=O) groups is 2. The lowest BCUT2D eigenvalue weighted by Gasteiger charge is -2.17. The van der Waals surface area contributed by atoms with E-state index in [1.54, 1.807) is 31.3 Å². The number of hydrogen-bond acceptors (Lipinski definition) is 4. The van der Waals surface area contributed by atoms with Crippen LogP contribution in [0.15, 0.2) is 36.5 Å². The van der Waals surface area contributed by atoms with E-state index >= 15 is 0 Å². The molecule has 1 N–H and O–H groups in total. The molecule has 0 fully saturated rings. The van der Waals surface area contributed by atoms with Crippen LogP contribution < -0.4 is 10.1 Å². The van der Waals surface area contributed by atoms with E-state index in [0.29, 0.717) is 22.6 Å². The SMILES string of the molecule is CC(=O)Cc1cc(C(C)NC(=O)c2ccc(OCC(C)(F)F)c(C)c2)ccn1. The van der Waals surface area contributed by atoms with Crippen molar-refractivity contribution in [1.29, 1.82) is 0 Å². The fraction of sp³-hybridized carbons (Fsp3) is 0.381. The van der Waals surface area contributed by atoms with E-state index in [4.69, 9.17) is 4.74 Å². The van der Waals surface area contributed by atoms with Crippen molar-refractivity contribution in [2.24, 2.45) is 0 Å². The Bertz CT molecular complexity index is 863. The number of ether oxygens (including phenoxy) is 1. The molecule has 1 unspecified atom stereocenters. The van der Waals surface area contributed by atoms with Gasteiger partial charge in [-0.1, -0.05) is 0 Å². The maximum Gasteiger partial charge on any atom is 0.278 e. The maximum atomic E-state index is 12.9. The van der Waals surface area contributed by atoms with Gasteiger partial charge in [0.2, 0.25) is 0 Å². The van der Waals surface area contributed by atoms with Crippen LogP contribution in [-0.4, -0.2) is 29.2 Å². The Labute approximate surface area is 163 Å². The zero-order chi connectivity index (χ0) is 20.9. The van der Waals surface area contributed by atoms with Gasteiger partial charge >= 0.3 is 0 Å². The van der Waals surface area contributed by atoms with Crippen LogP contribution >= 0.6 is 0 Å². The fourth-order valence-electron chi connectivity index (χ4n) is 2.64. The van der Waals surface area contributed by atoms with Crippen molar-refractivity contribution in [3.8, 4) is 5.75 Å². The number of hydrogen-bond donors (Lipinski definition) is 1. The highest BCUT2D eigenvalue weighted by Crippen LogP contribution is 2.22. The van der Waals surface area contributed by atoms with Crippen molar-refractivity contribution >= 4 is 11.7 Å². The van der Waals surface area contributed by atoms with Gasteiger partial charge in [-0.05, 0) is 62.2 Å². The number of nitrogens with one attached hydrogen (secondary N) is 1. The van der Waals surface area contributed by atoms with Gasteiger partial charge in [-0.3, -0.25) is 14.6 Å². The summed E-state index contributed by atoms with van der Waals surface area (Å²) in [7, 11) is 0. The number of alkyl halides is 2. The average molecular weight is 390 g/mol. The van der Waals surface area contributed by atoms with Crippen LogP contribution in [-0.2, 0) is 11.2 Å². The van der Waals surface area contributed by atoms with Gasteiger partial charge < -0.3 is 10.1 Å². The average Bonchev–Trinajstić information content (AvgIpc) is 2.59. The summed E-state index contributed by atoms with van der Waals surface area (Å²) in [6.07, 6.45) is 1.85. The monoisotopic (exact) mass is 390 g/mol. The maximum absolute atomic E-state index is 12.9. The summed E-state index contributed by atoms with van der Waals surface area (Å²) in [4.78, 5) is 27.9. The number of ketones is 1. The minimum absolute atomic E-state index is 0.0139. The second-order valence-electron chi connectivity index (χ2n) is 6.99. The van der Waals surface area contributed by atoms with Crippen molar-refractivity contribution in [1.82, 2.24) is 10.3 Å². The third kappa shape index (κ3) is 6.40. The number of Topliss-reactive ketones (excluding diaryl/α,β-unsaturated/α-hetero) is 1. The molecule has 2 rings (SSSR count). The number of carbonyl (C=O) groups excluding carboxylic acids is 2. The van der Waals surface area contributed by atoms with E-state index in [1.807, 2.05) is 6.92 Å². The normalized spacial score (nSPS) is 12.4. The molecule has 1 atom stereocenters. The molecule has 0 bridgehead atoms. The molecule has 0 aliphatic carbocycles. The number of nitrogens with zero attached hydrogens (tertiary/aromatic N) is 1. The molecular formula is C21H24F2N2O3. The lowest BCUT2D eigenvalue weighted by atomic mass is 10.1. The van der Waals surface area contributed by atoms with Crippen molar-refractivity contribution in [2.75, 3.05) is 6.61 Å². The lowest BCUT2D eigenvalue weighted by molar-refractivity contribution is -0.116. The summed E-state index contributed by atoms with van der Waals surface area (Å²) in [5.74, 6) is -2.90. The zero-order valence-electron chi connectivity index (χ0n) is 16.4. The van der Waals surface area contributed by atoms with Crippen LogP contribution in [0.3, 0.4) is 0 Å². The first-order valence-electron chi connectivity index (χ1n) is 8.91. The minimum Gasteiger partial charge on any atom is -0.487 e. The Morgan fingerprint density at radius 1 is 1.25 bits per heavy atom. The molecule has 0 saturated carbocycles. The Morgan fingerprint density at radius 2 is 1.96 bits per heavy atom. The van der Waals surface area contributed by atoms with Crippen LogP contribution in [0.5, 0.6) is 5.75 Å². The highest BCUT2D eigenvalue weighted by Gasteiger charge is 2.22. The van der Waals surface area contributed by atoms with Crippen LogP contribution in [0.2, 0.25) is 0 Å². The predicted octanol–water partition coefficient (Wildman–Crippen LogP) is 4.05. The minimum atomic E-state index is -2.93. The van der Waals surface area contributed by atoms with Gasteiger partial charge in [0.1, 0.15) is 11.5 Å². The molecule has 1 aromatic heterocycles. The third-order valence-electron chi connectivity index (χ3n) is 4.04. The molecule has 0 aliphatic rings. The number of rotatable bonds is 8. The van der Waals surface area contributed by atoms with Crippen LogP contribution in [0.1, 0.15) is 54.0 Å². The van der Waals surface area contributed by atoms with Crippen molar-refractivity contribution in [2.45, 2.75) is 46.1 Å². The fourth-order valence-corrected chi connectivity index (χ4v) is 2.64. The molecule has 1 amide bonds. The highest BCUT2D eigenvalue weighted by molar-refractivity contribution is 5.94. The van der Waals surface area contributed by atoms with E-state index in [2.05, 4.69) is 10.3 Å². The number of benzene rings is 1. The van der Waals surface area contributed by atoms with Crippen molar-refractivity contribution in [3.63, 3.8) is 0 Å². The van der Waals surface area contributed by atoms with E-state index in [0.717, 1.165) is 12.5 Å². The molecule has 28 heavy (non-hydrogen) atoms. The summed E-state index contributed by atoms with van der Waals surface area (Å²) < 4.78 is 31.0. The predicted molar refractivity (Wildman–Crippen MR) is 102 cm³/mol. The Morgan fingerprint density at radius 3 is 2.57 bits per heavy atom. The van der Waals surface area contributed by atoms with E-state index in [9.17, 15) is 18.4 Å². The summed E-state index contributed by atoms with van der Waals surface area (Å²) >= 11 is 0. The number of amides is 1. The van der Waals surface area contributed by atoms with Gasteiger partial charge in [-0.15, -0.1) is 0 Å². The molecule has 1 heterocycles. The van der Waals surface area contributed by atoms with Gasteiger partial charge in [0, 0.05) is 30.8 Å². The smallest absolute Gasteiger partial charge is 0.278 e. The quantitative estimate of drug-likeness (QED) is 0.738. The zero-order valence-corrected chi connectivity index (χ0v) is 16.4. The second kappa shape index (κ2) is 8.91.